The molecule has 10 heavy (non-hydrogen) atoms. The predicted octanol–water partition coefficient (Wildman–Crippen LogP) is 2.42. The molecule has 0 spiro atoms. The van der Waals surface area contributed by atoms with Crippen LogP contribution >= 0.6 is 0 Å². The fourth-order valence-corrected chi connectivity index (χ4v) is 1.64. The van der Waals surface area contributed by atoms with Gasteiger partial charge in [0.2, 0.25) is 0 Å². The summed E-state index contributed by atoms with van der Waals surface area (Å²) >= 11 is 0. The lowest BCUT2D eigenvalue weighted by molar-refractivity contribution is 0.308. The average molecular weight is 141 g/mol. The lowest BCUT2D eigenvalue weighted by atomic mass is 9.86. The zero-order valence-corrected chi connectivity index (χ0v) is 6.51. The van der Waals surface area contributed by atoms with Crippen molar-refractivity contribution in [2.45, 2.75) is 39.0 Å². The largest absolute Gasteiger partial charge is 0.411 e. The Balaban J connectivity index is 2.50. The van der Waals surface area contributed by atoms with Crippen LogP contribution in [0.1, 0.15) is 39.0 Å². The molecule has 0 amide bonds. The molecule has 1 fully saturated rings. The fraction of sp³-hybridized carbons (Fsp3) is 0.875. The van der Waals surface area contributed by atoms with Crippen LogP contribution in [0.2, 0.25) is 0 Å². The molecule has 1 aliphatic rings. The minimum atomic E-state index is 0.568. The van der Waals surface area contributed by atoms with E-state index in [1.807, 2.05) is 0 Å². The summed E-state index contributed by atoms with van der Waals surface area (Å²) in [5.41, 5.74) is 1.02. The van der Waals surface area contributed by atoms with Gasteiger partial charge in [0.15, 0.2) is 0 Å². The Kier molecular flexibility index (Phi) is 2.72. The van der Waals surface area contributed by atoms with Crippen molar-refractivity contribution in [2.75, 3.05) is 0 Å². The van der Waals surface area contributed by atoms with Crippen molar-refractivity contribution in [2.24, 2.45) is 11.1 Å². The number of rotatable bonds is 1. The molecule has 2 heteroatoms. The van der Waals surface area contributed by atoms with Gasteiger partial charge in [0.25, 0.3) is 0 Å². The van der Waals surface area contributed by atoms with Crippen LogP contribution in [0.5, 0.6) is 0 Å². The van der Waals surface area contributed by atoms with Crippen molar-refractivity contribution in [3.63, 3.8) is 0 Å². The molecule has 1 unspecified atom stereocenters. The van der Waals surface area contributed by atoms with E-state index >= 15 is 0 Å². The first-order valence-corrected chi connectivity index (χ1v) is 4.09. The Morgan fingerprint density at radius 1 is 1.60 bits per heavy atom. The first kappa shape index (κ1) is 7.58. The van der Waals surface area contributed by atoms with Gasteiger partial charge in [-0.2, -0.15) is 0 Å². The molecule has 0 heterocycles. The van der Waals surface area contributed by atoms with Crippen molar-refractivity contribution in [1.29, 1.82) is 0 Å². The maximum absolute atomic E-state index is 8.58. The molecule has 58 valence electrons. The van der Waals surface area contributed by atoms with Gasteiger partial charge in [-0.05, 0) is 25.7 Å². The molecular weight excluding hydrogens is 126 g/mol. The van der Waals surface area contributed by atoms with Gasteiger partial charge < -0.3 is 5.21 Å². The highest BCUT2D eigenvalue weighted by Gasteiger charge is 2.18. The Morgan fingerprint density at radius 2 is 2.40 bits per heavy atom. The monoisotopic (exact) mass is 141 g/mol. The fourth-order valence-electron chi connectivity index (χ4n) is 1.64. The third kappa shape index (κ3) is 1.49. The quantitative estimate of drug-likeness (QED) is 0.441. The summed E-state index contributed by atoms with van der Waals surface area (Å²) in [7, 11) is 0. The highest BCUT2D eigenvalue weighted by molar-refractivity contribution is 5.86. The number of hydrogen-bond donors (Lipinski definition) is 1. The Hall–Kier alpha value is -0.530. The summed E-state index contributed by atoms with van der Waals surface area (Å²) < 4.78 is 0. The molecule has 0 radical (unpaired) electrons. The van der Waals surface area contributed by atoms with Crippen LogP contribution in [-0.2, 0) is 0 Å². The van der Waals surface area contributed by atoms with Gasteiger partial charge in [0, 0.05) is 5.92 Å². The summed E-state index contributed by atoms with van der Waals surface area (Å²) in [6.45, 7) is 2.15. The van der Waals surface area contributed by atoms with Crippen LogP contribution in [0.4, 0.5) is 0 Å². The summed E-state index contributed by atoms with van der Waals surface area (Å²) in [6, 6.07) is 0. The average Bonchev–Trinajstić information content (AvgIpc) is 2.04. The van der Waals surface area contributed by atoms with Crippen molar-refractivity contribution >= 4 is 5.71 Å². The second-order valence-electron chi connectivity index (χ2n) is 2.94. The van der Waals surface area contributed by atoms with Crippen molar-refractivity contribution in [1.82, 2.24) is 0 Å². The molecule has 2 nitrogen and oxygen atoms in total. The van der Waals surface area contributed by atoms with E-state index in [2.05, 4.69) is 12.1 Å². The number of oxime groups is 1. The standard InChI is InChI=1S/C8H15NO/c1-2-7-5-3-4-6-8(7)9-10/h7,10H,2-6H2,1H3/b9-8+. The van der Waals surface area contributed by atoms with E-state index in [0.717, 1.165) is 18.6 Å². The Morgan fingerprint density at radius 3 is 2.90 bits per heavy atom. The first-order valence-electron chi connectivity index (χ1n) is 4.09. The van der Waals surface area contributed by atoms with Gasteiger partial charge in [-0.15, -0.1) is 0 Å². The van der Waals surface area contributed by atoms with Crippen molar-refractivity contribution in [3.8, 4) is 0 Å². The molecule has 0 aromatic carbocycles. The highest BCUT2D eigenvalue weighted by atomic mass is 16.4. The maximum atomic E-state index is 8.58. The van der Waals surface area contributed by atoms with E-state index in [0.29, 0.717) is 5.92 Å². The summed E-state index contributed by atoms with van der Waals surface area (Å²) in [6.07, 6.45) is 5.86. The van der Waals surface area contributed by atoms with E-state index in [-0.39, 0.29) is 0 Å². The lowest BCUT2D eigenvalue weighted by Crippen LogP contribution is -2.18. The van der Waals surface area contributed by atoms with Gasteiger partial charge in [0.1, 0.15) is 0 Å². The van der Waals surface area contributed by atoms with Crippen molar-refractivity contribution < 1.29 is 5.21 Å². The number of hydrogen-bond acceptors (Lipinski definition) is 2. The van der Waals surface area contributed by atoms with E-state index in [9.17, 15) is 0 Å². The summed E-state index contributed by atoms with van der Waals surface area (Å²) in [5, 5.41) is 11.9. The third-order valence-corrected chi connectivity index (χ3v) is 2.33. The van der Waals surface area contributed by atoms with Gasteiger partial charge in [-0.3, -0.25) is 0 Å². The second-order valence-corrected chi connectivity index (χ2v) is 2.94. The third-order valence-electron chi connectivity index (χ3n) is 2.33. The Labute approximate surface area is 61.9 Å². The molecule has 1 aliphatic carbocycles. The van der Waals surface area contributed by atoms with Gasteiger partial charge >= 0.3 is 0 Å². The minimum absolute atomic E-state index is 0.568. The Bertz CT molecular complexity index is 131. The topological polar surface area (TPSA) is 32.6 Å². The zero-order chi connectivity index (χ0) is 7.40. The maximum Gasteiger partial charge on any atom is 0.0601 e. The SMILES string of the molecule is CCC1CCCC/C1=N\O. The lowest BCUT2D eigenvalue weighted by Gasteiger charge is -2.20. The predicted molar refractivity (Wildman–Crippen MR) is 41.5 cm³/mol. The van der Waals surface area contributed by atoms with E-state index in [1.165, 1.54) is 19.3 Å². The summed E-state index contributed by atoms with van der Waals surface area (Å²) in [4.78, 5) is 0. The van der Waals surface area contributed by atoms with Gasteiger partial charge in [-0.1, -0.05) is 18.5 Å². The van der Waals surface area contributed by atoms with Crippen LogP contribution in [0.15, 0.2) is 5.16 Å². The highest BCUT2D eigenvalue weighted by Crippen LogP contribution is 2.23. The van der Waals surface area contributed by atoms with Crippen molar-refractivity contribution in [3.05, 3.63) is 0 Å². The van der Waals surface area contributed by atoms with Crippen LogP contribution in [0.3, 0.4) is 0 Å². The molecule has 0 saturated heterocycles. The first-order chi connectivity index (χ1) is 4.88. The molecule has 0 aromatic heterocycles. The zero-order valence-electron chi connectivity index (χ0n) is 6.51. The number of nitrogens with zero attached hydrogens (tertiary/aromatic N) is 1. The van der Waals surface area contributed by atoms with E-state index in [1.54, 1.807) is 0 Å². The smallest absolute Gasteiger partial charge is 0.0601 e. The molecule has 1 N–H and O–H groups in total. The van der Waals surface area contributed by atoms with Crippen LogP contribution in [0.25, 0.3) is 0 Å². The van der Waals surface area contributed by atoms with Crippen LogP contribution < -0.4 is 0 Å². The molecule has 1 rings (SSSR count). The van der Waals surface area contributed by atoms with Gasteiger partial charge in [0.05, 0.1) is 5.71 Å². The minimum Gasteiger partial charge on any atom is -0.411 e. The second kappa shape index (κ2) is 3.59. The molecular formula is C8H15NO. The van der Waals surface area contributed by atoms with E-state index < -0.39 is 0 Å². The normalized spacial score (nSPS) is 30.9. The molecule has 1 atom stereocenters. The molecule has 0 bridgehead atoms. The molecule has 0 aliphatic heterocycles. The molecule has 1 saturated carbocycles. The van der Waals surface area contributed by atoms with Crippen LogP contribution in [-0.4, -0.2) is 10.9 Å². The van der Waals surface area contributed by atoms with Gasteiger partial charge in [-0.25, -0.2) is 0 Å². The summed E-state index contributed by atoms with van der Waals surface area (Å²) in [5.74, 6) is 0.568. The molecule has 0 aromatic rings. The van der Waals surface area contributed by atoms with E-state index in [4.69, 9.17) is 5.21 Å². The van der Waals surface area contributed by atoms with Crippen LogP contribution in [0, 0.1) is 5.92 Å².